The van der Waals surface area contributed by atoms with Crippen LogP contribution in [0.2, 0.25) is 0 Å². The van der Waals surface area contributed by atoms with E-state index in [0.29, 0.717) is 12.2 Å². The molecule has 0 spiro atoms. The Hall–Kier alpha value is -2.01. The third kappa shape index (κ3) is 2.17. The molecule has 2 aromatic rings. The second-order valence-corrected chi connectivity index (χ2v) is 3.99. The number of aromatic nitrogens is 2. The summed E-state index contributed by atoms with van der Waals surface area (Å²) in [6, 6.07) is 7.58. The first-order valence-corrected chi connectivity index (χ1v) is 5.88. The quantitative estimate of drug-likeness (QED) is 0.853. The van der Waals surface area contributed by atoms with Crippen LogP contribution in [-0.2, 0) is 13.6 Å². The number of nitrogens with zero attached hydrogens (tertiary/aromatic N) is 1. The minimum absolute atomic E-state index is 0.0821. The van der Waals surface area contributed by atoms with Crippen LogP contribution < -0.4 is 16.0 Å². The van der Waals surface area contributed by atoms with Gasteiger partial charge in [0.25, 0.3) is 5.56 Å². The first-order valence-electron chi connectivity index (χ1n) is 5.88. The molecule has 0 fully saturated rings. The van der Waals surface area contributed by atoms with Gasteiger partial charge < -0.3 is 10.5 Å². The Morgan fingerprint density at radius 3 is 2.56 bits per heavy atom. The summed E-state index contributed by atoms with van der Waals surface area (Å²) in [5.74, 6) is 0.814. The van der Waals surface area contributed by atoms with Crippen molar-refractivity contribution in [3.05, 3.63) is 40.2 Å². The van der Waals surface area contributed by atoms with Gasteiger partial charge in [-0.2, -0.15) is 0 Å². The van der Waals surface area contributed by atoms with Crippen molar-refractivity contribution in [2.45, 2.75) is 13.5 Å². The maximum absolute atomic E-state index is 11.8. The zero-order chi connectivity index (χ0) is 13.1. The molecule has 5 nitrogen and oxygen atoms in total. The molecule has 0 bridgehead atoms. The summed E-state index contributed by atoms with van der Waals surface area (Å²) in [5.41, 5.74) is 7.84. The van der Waals surface area contributed by atoms with Gasteiger partial charge in [-0.15, -0.1) is 0 Å². The van der Waals surface area contributed by atoms with Gasteiger partial charge in [0.05, 0.1) is 17.9 Å². The van der Waals surface area contributed by atoms with Crippen molar-refractivity contribution in [3.63, 3.8) is 0 Å². The molecule has 0 aliphatic carbocycles. The Bertz CT molecular complexity index is 581. The molecule has 0 amide bonds. The molecule has 96 valence electrons. The highest BCUT2D eigenvalue weighted by atomic mass is 16.5. The molecule has 18 heavy (non-hydrogen) atoms. The molecule has 0 saturated carbocycles. The number of nitrogens with one attached hydrogen (secondary N) is 1. The zero-order valence-electron chi connectivity index (χ0n) is 10.6. The van der Waals surface area contributed by atoms with Crippen LogP contribution in [-0.4, -0.2) is 16.4 Å². The van der Waals surface area contributed by atoms with Crippen molar-refractivity contribution >= 4 is 0 Å². The predicted octanol–water partition coefficient (Wildman–Crippen LogP) is 1.24. The maximum Gasteiger partial charge on any atom is 0.271 e. The first-order chi connectivity index (χ1) is 8.67. The molecular weight excluding hydrogens is 230 g/mol. The molecule has 0 aliphatic heterocycles. The molecule has 0 aliphatic rings. The van der Waals surface area contributed by atoms with Crippen LogP contribution in [0.25, 0.3) is 11.3 Å². The molecule has 2 rings (SSSR count). The SMILES string of the molecule is CCOc1ccc(-c2[nH]n(C)c(=O)c2CN)cc1. The van der Waals surface area contributed by atoms with Crippen molar-refractivity contribution < 1.29 is 4.74 Å². The van der Waals surface area contributed by atoms with Crippen LogP contribution in [0.5, 0.6) is 5.75 Å². The van der Waals surface area contributed by atoms with Crippen molar-refractivity contribution in [1.29, 1.82) is 0 Å². The van der Waals surface area contributed by atoms with Crippen molar-refractivity contribution in [2.75, 3.05) is 6.61 Å². The number of ether oxygens (including phenoxy) is 1. The molecule has 1 heterocycles. The van der Waals surface area contributed by atoms with Crippen LogP contribution >= 0.6 is 0 Å². The summed E-state index contributed by atoms with van der Waals surface area (Å²) in [5, 5.41) is 3.01. The third-order valence-corrected chi connectivity index (χ3v) is 2.80. The van der Waals surface area contributed by atoms with Gasteiger partial charge >= 0.3 is 0 Å². The molecule has 0 atom stereocenters. The lowest BCUT2D eigenvalue weighted by molar-refractivity contribution is 0.340. The second-order valence-electron chi connectivity index (χ2n) is 3.99. The summed E-state index contributed by atoms with van der Waals surface area (Å²) in [6.45, 7) is 2.80. The fraction of sp³-hybridized carbons (Fsp3) is 0.308. The van der Waals surface area contributed by atoms with Gasteiger partial charge in [0.1, 0.15) is 5.75 Å². The fourth-order valence-corrected chi connectivity index (χ4v) is 1.91. The number of rotatable bonds is 4. The Morgan fingerprint density at radius 1 is 1.33 bits per heavy atom. The Morgan fingerprint density at radius 2 is 2.00 bits per heavy atom. The summed E-state index contributed by atoms with van der Waals surface area (Å²) in [7, 11) is 1.68. The van der Waals surface area contributed by atoms with Crippen LogP contribution in [0.15, 0.2) is 29.1 Å². The van der Waals surface area contributed by atoms with Gasteiger partial charge in [0.15, 0.2) is 0 Å². The lowest BCUT2D eigenvalue weighted by Gasteiger charge is -2.04. The highest BCUT2D eigenvalue weighted by Gasteiger charge is 2.12. The number of hydrogen-bond donors (Lipinski definition) is 2. The lowest BCUT2D eigenvalue weighted by atomic mass is 10.1. The minimum Gasteiger partial charge on any atom is -0.494 e. The highest BCUT2D eigenvalue weighted by Crippen LogP contribution is 2.22. The topological polar surface area (TPSA) is 73.0 Å². The van der Waals surface area contributed by atoms with E-state index in [0.717, 1.165) is 17.0 Å². The summed E-state index contributed by atoms with van der Waals surface area (Å²) in [6.07, 6.45) is 0. The van der Waals surface area contributed by atoms with E-state index >= 15 is 0 Å². The van der Waals surface area contributed by atoms with Gasteiger partial charge in [-0.3, -0.25) is 14.6 Å². The van der Waals surface area contributed by atoms with E-state index in [1.807, 2.05) is 31.2 Å². The number of aryl methyl sites for hydroxylation is 1. The van der Waals surface area contributed by atoms with Crippen molar-refractivity contribution in [1.82, 2.24) is 9.78 Å². The first kappa shape index (κ1) is 12.4. The Balaban J connectivity index is 2.42. The standard InChI is InChI=1S/C13H17N3O2/c1-3-18-10-6-4-9(5-7-10)12-11(8-14)13(17)16(2)15-12/h4-7,15H,3,8,14H2,1-2H3. The fourth-order valence-electron chi connectivity index (χ4n) is 1.91. The number of aromatic amines is 1. The van der Waals surface area contributed by atoms with Crippen LogP contribution in [0.1, 0.15) is 12.5 Å². The molecule has 0 unspecified atom stereocenters. The van der Waals surface area contributed by atoms with E-state index < -0.39 is 0 Å². The van der Waals surface area contributed by atoms with Crippen LogP contribution in [0.4, 0.5) is 0 Å². The van der Waals surface area contributed by atoms with E-state index in [9.17, 15) is 4.79 Å². The van der Waals surface area contributed by atoms with Crippen molar-refractivity contribution in [3.8, 4) is 17.0 Å². The number of hydrogen-bond acceptors (Lipinski definition) is 3. The normalized spacial score (nSPS) is 10.6. The average Bonchev–Trinajstić information content (AvgIpc) is 2.67. The summed E-state index contributed by atoms with van der Waals surface area (Å²) < 4.78 is 6.82. The van der Waals surface area contributed by atoms with E-state index in [4.69, 9.17) is 10.5 Å². The van der Waals surface area contributed by atoms with E-state index in [-0.39, 0.29) is 12.1 Å². The van der Waals surface area contributed by atoms with Crippen molar-refractivity contribution in [2.24, 2.45) is 12.8 Å². The number of benzene rings is 1. The van der Waals surface area contributed by atoms with Crippen LogP contribution in [0.3, 0.4) is 0 Å². The Kier molecular flexibility index (Phi) is 3.53. The second kappa shape index (κ2) is 5.10. The van der Waals surface area contributed by atoms with E-state index in [1.54, 1.807) is 7.05 Å². The monoisotopic (exact) mass is 247 g/mol. The number of nitrogens with two attached hydrogens (primary N) is 1. The summed E-state index contributed by atoms with van der Waals surface area (Å²) >= 11 is 0. The van der Waals surface area contributed by atoms with Gasteiger partial charge in [-0.1, -0.05) is 0 Å². The average molecular weight is 247 g/mol. The maximum atomic E-state index is 11.8. The molecular formula is C13H17N3O2. The molecule has 3 N–H and O–H groups in total. The third-order valence-electron chi connectivity index (χ3n) is 2.80. The lowest BCUT2D eigenvalue weighted by Crippen LogP contribution is -2.17. The molecule has 5 heteroatoms. The Labute approximate surface area is 105 Å². The van der Waals surface area contributed by atoms with Gasteiger partial charge in [0.2, 0.25) is 0 Å². The van der Waals surface area contributed by atoms with Crippen LogP contribution in [0, 0.1) is 0 Å². The van der Waals surface area contributed by atoms with Gasteiger partial charge in [0, 0.05) is 19.2 Å². The molecule has 0 radical (unpaired) electrons. The molecule has 1 aromatic carbocycles. The van der Waals surface area contributed by atoms with Gasteiger partial charge in [-0.05, 0) is 31.2 Å². The zero-order valence-corrected chi connectivity index (χ0v) is 10.6. The molecule has 0 saturated heterocycles. The summed E-state index contributed by atoms with van der Waals surface area (Å²) in [4.78, 5) is 11.8. The van der Waals surface area contributed by atoms with E-state index in [2.05, 4.69) is 5.10 Å². The smallest absolute Gasteiger partial charge is 0.271 e. The minimum atomic E-state index is -0.0821. The van der Waals surface area contributed by atoms with E-state index in [1.165, 1.54) is 4.68 Å². The number of H-pyrrole nitrogens is 1. The predicted molar refractivity (Wildman–Crippen MR) is 70.5 cm³/mol. The largest absolute Gasteiger partial charge is 0.494 e. The van der Waals surface area contributed by atoms with Gasteiger partial charge in [-0.25, -0.2) is 0 Å². The highest BCUT2D eigenvalue weighted by molar-refractivity contribution is 5.63. The molecule has 1 aromatic heterocycles.